The lowest BCUT2D eigenvalue weighted by Gasteiger charge is -2.34. The Morgan fingerprint density at radius 3 is 1.86 bits per heavy atom. The number of likely N-dealkylation sites (tertiary alicyclic amines) is 1. The molecule has 1 aliphatic rings. The number of aliphatic hydroxyl groups is 2. The van der Waals surface area contributed by atoms with Crippen LogP contribution in [-0.4, -0.2) is 165 Å². The SMILES string of the molecule is CC[C@H](C)[C@H](NC(=O)[C@H](Cc1ccccc1)N(N)C(=O)[C@@H](NC(=O)[C@H](CCCCN)NC(=O)[C@H](CO)NC(C)=O)[C@@H](C)O)C(=O)N[C@@H](CCC(N)=O)C(=O)N[C@H](C(=O)N1CCC[C@@H]1C(=O)NC(C)(C)CN)C(C)C. The van der Waals surface area contributed by atoms with Crippen molar-refractivity contribution in [1.82, 2.24) is 47.1 Å². The van der Waals surface area contributed by atoms with Gasteiger partial charge < -0.3 is 69.5 Å². The maximum atomic E-state index is 14.6. The molecule has 17 N–H and O–H groups in total. The Labute approximate surface area is 433 Å². The molecule has 1 aromatic carbocycles. The van der Waals surface area contributed by atoms with E-state index in [1.165, 1.54) is 11.8 Å². The molecule has 1 aromatic rings. The first-order valence-corrected chi connectivity index (χ1v) is 25.2. The van der Waals surface area contributed by atoms with E-state index in [-0.39, 0.29) is 45.3 Å². The molecule has 74 heavy (non-hydrogen) atoms. The molecule has 0 aliphatic carbocycles. The Kier molecular flexibility index (Phi) is 26.6. The number of hydrogen-bond donors (Lipinski definition) is 13. The summed E-state index contributed by atoms with van der Waals surface area (Å²) in [5, 5.41) is 39.2. The maximum Gasteiger partial charge on any atom is 0.262 e. The van der Waals surface area contributed by atoms with Crippen molar-refractivity contribution >= 4 is 59.1 Å². The van der Waals surface area contributed by atoms with E-state index in [0.29, 0.717) is 42.7 Å². The second-order valence-corrected chi connectivity index (χ2v) is 19.9. The monoisotopic (exact) mass is 1050 g/mol. The molecule has 1 fully saturated rings. The molecule has 0 radical (unpaired) electrons. The van der Waals surface area contributed by atoms with Crippen LogP contribution in [0.2, 0.25) is 0 Å². The first-order valence-electron chi connectivity index (χ1n) is 25.2. The zero-order valence-corrected chi connectivity index (χ0v) is 44.1. The Morgan fingerprint density at radius 2 is 1.34 bits per heavy atom. The van der Waals surface area contributed by atoms with E-state index in [2.05, 4.69) is 37.2 Å². The van der Waals surface area contributed by atoms with Crippen molar-refractivity contribution in [2.75, 3.05) is 26.2 Å². The Morgan fingerprint density at radius 1 is 0.770 bits per heavy atom. The van der Waals surface area contributed by atoms with Crippen LogP contribution < -0.4 is 60.3 Å². The van der Waals surface area contributed by atoms with Crippen molar-refractivity contribution in [2.24, 2.45) is 34.9 Å². The van der Waals surface area contributed by atoms with E-state index in [9.17, 15) is 58.2 Å². The Bertz CT molecular complexity index is 2080. The van der Waals surface area contributed by atoms with Crippen LogP contribution in [-0.2, 0) is 54.4 Å². The first-order chi connectivity index (χ1) is 34.7. The van der Waals surface area contributed by atoms with Gasteiger partial charge in [0.25, 0.3) is 5.91 Å². The van der Waals surface area contributed by atoms with Gasteiger partial charge in [-0.05, 0) is 83.2 Å². The number of amides is 10. The number of aliphatic hydroxyl groups excluding tert-OH is 2. The number of primary amides is 1. The number of benzene rings is 1. The molecule has 1 aliphatic heterocycles. The highest BCUT2D eigenvalue weighted by molar-refractivity contribution is 5.98. The summed E-state index contributed by atoms with van der Waals surface area (Å²) >= 11 is 0. The molecule has 25 nitrogen and oxygen atoms in total. The number of nitrogens with one attached hydrogen (secondary N) is 7. The van der Waals surface area contributed by atoms with Gasteiger partial charge in [-0.25, -0.2) is 5.84 Å². The third-order valence-corrected chi connectivity index (χ3v) is 12.8. The molecule has 0 aromatic heterocycles. The molecular formula is C49H83N13O12. The van der Waals surface area contributed by atoms with Gasteiger partial charge in [-0.1, -0.05) is 64.4 Å². The van der Waals surface area contributed by atoms with Gasteiger partial charge in [-0.2, -0.15) is 0 Å². The third kappa shape index (κ3) is 19.9. The minimum Gasteiger partial charge on any atom is -0.394 e. The normalized spacial score (nSPS) is 17.2. The minimum atomic E-state index is -1.81. The fourth-order valence-corrected chi connectivity index (χ4v) is 8.07. The summed E-state index contributed by atoms with van der Waals surface area (Å²) in [6, 6.07) is -2.72. The van der Waals surface area contributed by atoms with Gasteiger partial charge in [-0.15, -0.1) is 0 Å². The van der Waals surface area contributed by atoms with Gasteiger partial charge in [0.1, 0.15) is 48.3 Å². The fourth-order valence-electron chi connectivity index (χ4n) is 8.07. The number of rotatable bonds is 31. The van der Waals surface area contributed by atoms with Crippen LogP contribution in [0.5, 0.6) is 0 Å². The van der Waals surface area contributed by atoms with Crippen molar-refractivity contribution in [3.63, 3.8) is 0 Å². The summed E-state index contributed by atoms with van der Waals surface area (Å²) in [5.41, 5.74) is 16.7. The number of hydrogen-bond acceptors (Lipinski definition) is 15. The van der Waals surface area contributed by atoms with Crippen LogP contribution in [0.15, 0.2) is 30.3 Å². The predicted octanol–water partition coefficient (Wildman–Crippen LogP) is -3.46. The highest BCUT2D eigenvalue weighted by Crippen LogP contribution is 2.22. The molecule has 0 spiro atoms. The van der Waals surface area contributed by atoms with Crippen LogP contribution in [0.4, 0.5) is 0 Å². The first kappa shape index (κ1) is 63.8. The molecule has 10 atom stereocenters. The molecular weight excluding hydrogens is 963 g/mol. The molecule has 1 saturated heterocycles. The van der Waals surface area contributed by atoms with Crippen LogP contribution in [0.1, 0.15) is 112 Å². The second-order valence-electron chi connectivity index (χ2n) is 19.9. The molecule has 0 unspecified atom stereocenters. The lowest BCUT2D eigenvalue weighted by molar-refractivity contribution is -0.147. The standard InChI is InChI=1S/C49H83N13O12/c1-9-28(4)39(46(72)56-33(20-21-37(52)66)42(68)57-38(27(2)3)47(73)61-23-15-19-35(61)45(71)60-49(7,8)26-51)58-44(70)36(24-31-16-11-10-12-17-31)62(53)48(74)40(29(5)64)59-41(67)32(18-13-14-22-50)55-43(69)34(25-63)54-30(6)65/h10-12,16-17,27-29,32-36,38-40,63-64H,9,13-15,18-26,50-51,53H2,1-8H3,(H2,52,66)(H,54,65)(H,55,69)(H,56,72)(H,57,68)(H,58,70)(H,59,67)(H,60,71)/t28-,29+,32-,33-,34-,35+,36-,38-,39-,40-/m0/s1. The number of carbonyl (C=O) groups excluding carboxylic acids is 10. The number of nitrogens with zero attached hydrogens (tertiary/aromatic N) is 2. The molecule has 0 bridgehead atoms. The zero-order valence-electron chi connectivity index (χ0n) is 44.1. The maximum absolute atomic E-state index is 14.6. The number of hydrazine groups is 1. The van der Waals surface area contributed by atoms with Crippen molar-refractivity contribution in [2.45, 2.75) is 173 Å². The topological polar surface area (TPSA) is 406 Å². The van der Waals surface area contributed by atoms with E-state index < -0.39 is 137 Å². The number of unbranched alkanes of at least 4 members (excludes halogenated alkanes) is 1. The predicted molar refractivity (Wildman–Crippen MR) is 273 cm³/mol. The van der Waals surface area contributed by atoms with Crippen molar-refractivity contribution in [1.29, 1.82) is 0 Å². The quantitative estimate of drug-likeness (QED) is 0.0149. The van der Waals surface area contributed by atoms with Gasteiger partial charge in [0, 0.05) is 38.4 Å². The summed E-state index contributed by atoms with van der Waals surface area (Å²) in [6.45, 7) is 12.4. The third-order valence-electron chi connectivity index (χ3n) is 12.8. The second kappa shape index (κ2) is 30.8. The fraction of sp³-hybridized carbons (Fsp3) is 0.673. The molecule has 10 amide bonds. The van der Waals surface area contributed by atoms with Gasteiger partial charge in [-0.3, -0.25) is 53.0 Å². The van der Waals surface area contributed by atoms with Crippen molar-refractivity contribution in [3.05, 3.63) is 35.9 Å². The zero-order chi connectivity index (χ0) is 56.0. The number of nitrogens with two attached hydrogens (primary N) is 4. The van der Waals surface area contributed by atoms with E-state index in [4.69, 9.17) is 23.0 Å². The van der Waals surface area contributed by atoms with E-state index in [1.54, 1.807) is 71.9 Å². The summed E-state index contributed by atoms with van der Waals surface area (Å²) in [4.78, 5) is 137. The minimum absolute atomic E-state index is 0.00651. The largest absolute Gasteiger partial charge is 0.394 e. The Hall–Kier alpha value is -6.28. The highest BCUT2D eigenvalue weighted by Gasteiger charge is 2.42. The summed E-state index contributed by atoms with van der Waals surface area (Å²) < 4.78 is 0. The average Bonchev–Trinajstić information content (AvgIpc) is 3.85. The molecule has 2 rings (SSSR count). The summed E-state index contributed by atoms with van der Waals surface area (Å²) in [6.07, 6.45) is -0.596. The molecule has 25 heteroatoms. The lowest BCUT2D eigenvalue weighted by atomic mass is 9.96. The summed E-state index contributed by atoms with van der Waals surface area (Å²) in [5.74, 6) is -2.71. The lowest BCUT2D eigenvalue weighted by Crippen LogP contribution is -2.65. The summed E-state index contributed by atoms with van der Waals surface area (Å²) in [7, 11) is 0. The van der Waals surface area contributed by atoms with Gasteiger partial charge >= 0.3 is 0 Å². The smallest absolute Gasteiger partial charge is 0.262 e. The van der Waals surface area contributed by atoms with Crippen LogP contribution in [0.25, 0.3) is 0 Å². The molecule has 416 valence electrons. The average molecular weight is 1050 g/mol. The van der Waals surface area contributed by atoms with Gasteiger partial charge in [0.2, 0.25) is 53.2 Å². The van der Waals surface area contributed by atoms with E-state index in [1.807, 2.05) is 0 Å². The highest BCUT2D eigenvalue weighted by atomic mass is 16.3. The van der Waals surface area contributed by atoms with Gasteiger partial charge in [0.15, 0.2) is 0 Å². The van der Waals surface area contributed by atoms with Crippen LogP contribution >= 0.6 is 0 Å². The van der Waals surface area contributed by atoms with Crippen LogP contribution in [0, 0.1) is 11.8 Å². The Balaban J connectivity index is 2.50. The van der Waals surface area contributed by atoms with Crippen LogP contribution in [0.3, 0.4) is 0 Å². The van der Waals surface area contributed by atoms with Gasteiger partial charge in [0.05, 0.1) is 12.7 Å². The van der Waals surface area contributed by atoms with E-state index >= 15 is 0 Å². The molecule has 0 saturated carbocycles. The van der Waals surface area contributed by atoms with E-state index in [0.717, 1.165) is 6.92 Å². The number of carbonyl (C=O) groups is 10. The van der Waals surface area contributed by atoms with Crippen molar-refractivity contribution < 1.29 is 58.2 Å². The van der Waals surface area contributed by atoms with Crippen molar-refractivity contribution in [3.8, 4) is 0 Å². The molecule has 1 heterocycles.